The summed E-state index contributed by atoms with van der Waals surface area (Å²) in [4.78, 5) is 14.6. The average Bonchev–Trinajstić information content (AvgIpc) is 2.18. The topological polar surface area (TPSA) is 53.0 Å². The van der Waals surface area contributed by atoms with Crippen LogP contribution in [-0.4, -0.2) is 11.0 Å². The summed E-state index contributed by atoms with van der Waals surface area (Å²) in [6.45, 7) is 0. The van der Waals surface area contributed by atoms with Gasteiger partial charge in [-0.15, -0.1) is 0 Å². The molecule has 0 radical (unpaired) electrons. The minimum atomic E-state index is -1.31. The first-order valence-electron chi connectivity index (χ1n) is 3.95. The number of carbonyl (C=O) groups is 1. The molecule has 70 valence electrons. The molecule has 0 saturated heterocycles. The zero-order valence-electron chi connectivity index (χ0n) is 8.03. The average molecular weight is 214 g/mol. The largest absolute Gasteiger partial charge is 1.00 e. The Labute approximate surface area is 103 Å². The van der Waals surface area contributed by atoms with Crippen molar-refractivity contribution < 1.29 is 28.8 Å². The van der Waals surface area contributed by atoms with Gasteiger partial charge >= 0.3 is 18.9 Å². The van der Waals surface area contributed by atoms with Crippen LogP contribution in [0.2, 0.25) is 5.02 Å². The van der Waals surface area contributed by atoms with Crippen molar-refractivity contribution in [1.82, 2.24) is 4.98 Å². The minimum absolute atomic E-state index is 0. The van der Waals surface area contributed by atoms with Gasteiger partial charge in [0, 0.05) is 17.1 Å². The fourth-order valence-corrected chi connectivity index (χ4v) is 1.54. The molecule has 1 aromatic carbocycles. The van der Waals surface area contributed by atoms with Gasteiger partial charge in [-0.1, -0.05) is 29.8 Å². The monoisotopic (exact) mass is 213 g/mol. The van der Waals surface area contributed by atoms with Gasteiger partial charge < -0.3 is 9.90 Å². The van der Waals surface area contributed by atoms with Crippen LogP contribution in [0.3, 0.4) is 0 Å². The molecule has 15 heavy (non-hydrogen) atoms. The second-order valence-electron chi connectivity index (χ2n) is 2.79. The van der Waals surface area contributed by atoms with Crippen molar-refractivity contribution in [3.8, 4) is 0 Å². The van der Waals surface area contributed by atoms with Gasteiger partial charge in [-0.05, 0) is 6.07 Å². The molecule has 0 bridgehead atoms. The van der Waals surface area contributed by atoms with E-state index in [1.54, 1.807) is 18.2 Å². The third kappa shape index (κ3) is 2.15. The van der Waals surface area contributed by atoms with E-state index in [0.29, 0.717) is 10.9 Å². The smallest absolute Gasteiger partial charge is 0.545 e. The Morgan fingerprint density at radius 3 is 2.67 bits per heavy atom. The summed E-state index contributed by atoms with van der Waals surface area (Å²) < 4.78 is 0. The summed E-state index contributed by atoms with van der Waals surface area (Å²) in [5.41, 5.74) is 0.591. The van der Waals surface area contributed by atoms with E-state index in [1.165, 1.54) is 6.20 Å². The number of fused-ring (bicyclic) bond motifs is 1. The fourth-order valence-electron chi connectivity index (χ4n) is 1.25. The van der Waals surface area contributed by atoms with Crippen molar-refractivity contribution in [2.75, 3.05) is 0 Å². The fraction of sp³-hybridized carbons (Fsp3) is 0. The summed E-state index contributed by atoms with van der Waals surface area (Å²) in [6.07, 6.45) is 1.21. The predicted octanol–water partition coefficient (Wildman–Crippen LogP) is -1.74. The zero-order valence-corrected chi connectivity index (χ0v) is 8.78. The molecule has 0 saturated carbocycles. The van der Waals surface area contributed by atoms with E-state index in [1.807, 2.05) is 6.07 Å². The number of benzene rings is 1. The Bertz CT molecular complexity index is 516. The van der Waals surface area contributed by atoms with Gasteiger partial charge in [-0.2, -0.15) is 0 Å². The quantitative estimate of drug-likeness (QED) is 0.529. The maximum atomic E-state index is 10.6. The van der Waals surface area contributed by atoms with Gasteiger partial charge in [0.1, 0.15) is 0 Å². The standard InChI is InChI=1S/C10H6ClNO2.Li/c11-9-6-3-1-2-4-8(6)12-5-7(9)10(13)14;/h1-5H,(H,13,14);/q;+1/p-1. The Hall–Kier alpha value is -1.01. The number of hydrogen-bond donors (Lipinski definition) is 0. The van der Waals surface area contributed by atoms with Crippen LogP contribution in [0.4, 0.5) is 0 Å². The van der Waals surface area contributed by atoms with Crippen LogP contribution in [0.1, 0.15) is 10.4 Å². The molecule has 0 aliphatic carbocycles. The molecule has 0 atom stereocenters. The number of para-hydroxylation sites is 1. The Balaban J connectivity index is 0.00000112. The normalized spacial score (nSPS) is 9.67. The van der Waals surface area contributed by atoms with E-state index in [0.717, 1.165) is 0 Å². The van der Waals surface area contributed by atoms with Crippen LogP contribution < -0.4 is 24.0 Å². The zero-order chi connectivity index (χ0) is 10.1. The molecule has 0 amide bonds. The molecule has 0 spiro atoms. The third-order valence-electron chi connectivity index (χ3n) is 1.93. The maximum absolute atomic E-state index is 10.6. The molecule has 0 aliphatic rings. The number of carboxylic acid groups (broad SMARTS) is 1. The molecule has 3 nitrogen and oxygen atoms in total. The van der Waals surface area contributed by atoms with E-state index >= 15 is 0 Å². The number of nitrogens with zero attached hydrogens (tertiary/aromatic N) is 1. The second-order valence-corrected chi connectivity index (χ2v) is 3.17. The van der Waals surface area contributed by atoms with E-state index in [4.69, 9.17) is 11.6 Å². The van der Waals surface area contributed by atoms with Crippen LogP contribution in [0.25, 0.3) is 10.9 Å². The molecule has 1 aromatic heterocycles. The van der Waals surface area contributed by atoms with Crippen LogP contribution >= 0.6 is 11.6 Å². The number of pyridine rings is 1. The van der Waals surface area contributed by atoms with Crippen molar-refractivity contribution in [3.05, 3.63) is 41.0 Å². The van der Waals surface area contributed by atoms with Crippen LogP contribution in [-0.2, 0) is 0 Å². The first-order valence-corrected chi connectivity index (χ1v) is 4.32. The number of carbonyl (C=O) groups excluding carboxylic acids is 1. The van der Waals surface area contributed by atoms with Crippen LogP contribution in [0.15, 0.2) is 30.5 Å². The van der Waals surface area contributed by atoms with Crippen molar-refractivity contribution >= 4 is 28.5 Å². The number of rotatable bonds is 1. The Kier molecular flexibility index (Phi) is 3.76. The summed E-state index contributed by atoms with van der Waals surface area (Å²) in [6, 6.07) is 7.07. The Morgan fingerprint density at radius 2 is 2.00 bits per heavy atom. The predicted molar refractivity (Wildman–Crippen MR) is 51.1 cm³/mol. The SMILES string of the molecule is O=C([O-])c1cnc2ccccc2c1Cl.[Li+]. The third-order valence-corrected chi connectivity index (χ3v) is 2.34. The van der Waals surface area contributed by atoms with Gasteiger partial charge in [-0.3, -0.25) is 4.98 Å². The number of aromatic nitrogens is 1. The second kappa shape index (κ2) is 4.67. The van der Waals surface area contributed by atoms with E-state index in [-0.39, 0.29) is 29.4 Å². The number of carboxylic acids is 1. The molecule has 0 unspecified atom stereocenters. The van der Waals surface area contributed by atoms with Crippen LogP contribution in [0, 0.1) is 0 Å². The summed E-state index contributed by atoms with van der Waals surface area (Å²) in [7, 11) is 0. The number of hydrogen-bond acceptors (Lipinski definition) is 3. The van der Waals surface area contributed by atoms with Crippen molar-refractivity contribution in [2.45, 2.75) is 0 Å². The number of aromatic carboxylic acids is 1. The molecule has 2 aromatic rings. The molecule has 2 rings (SSSR count). The minimum Gasteiger partial charge on any atom is -0.545 e. The van der Waals surface area contributed by atoms with Gasteiger partial charge in [0.25, 0.3) is 0 Å². The van der Waals surface area contributed by atoms with E-state index in [9.17, 15) is 9.90 Å². The Morgan fingerprint density at radius 1 is 1.33 bits per heavy atom. The first-order chi connectivity index (χ1) is 6.70. The van der Waals surface area contributed by atoms with E-state index in [2.05, 4.69) is 4.98 Å². The van der Waals surface area contributed by atoms with Gasteiger partial charge in [-0.25, -0.2) is 0 Å². The van der Waals surface area contributed by atoms with E-state index < -0.39 is 5.97 Å². The van der Waals surface area contributed by atoms with Crippen molar-refractivity contribution in [2.24, 2.45) is 0 Å². The summed E-state index contributed by atoms with van der Waals surface area (Å²) in [5.74, 6) is -1.31. The molecule has 0 fully saturated rings. The molecule has 5 heteroatoms. The molecular formula is C10H5ClLiNO2. The van der Waals surface area contributed by atoms with Gasteiger partial charge in [0.05, 0.1) is 16.5 Å². The molecular weight excluding hydrogens is 209 g/mol. The van der Waals surface area contributed by atoms with Gasteiger partial charge in [0.2, 0.25) is 0 Å². The summed E-state index contributed by atoms with van der Waals surface area (Å²) >= 11 is 5.88. The number of halogens is 1. The van der Waals surface area contributed by atoms with Crippen molar-refractivity contribution in [1.29, 1.82) is 0 Å². The molecule has 1 heterocycles. The molecule has 0 aliphatic heterocycles. The maximum Gasteiger partial charge on any atom is 1.00 e. The summed E-state index contributed by atoms with van der Waals surface area (Å²) in [5, 5.41) is 11.4. The van der Waals surface area contributed by atoms with Crippen LogP contribution in [0.5, 0.6) is 0 Å². The van der Waals surface area contributed by atoms with Gasteiger partial charge in [0.15, 0.2) is 0 Å². The molecule has 0 N–H and O–H groups in total. The van der Waals surface area contributed by atoms with Crippen molar-refractivity contribution in [3.63, 3.8) is 0 Å². The first kappa shape index (κ1) is 12.1.